The molecule has 0 spiro atoms. The highest BCUT2D eigenvalue weighted by Gasteiger charge is 2.25. The van der Waals surface area contributed by atoms with Crippen LogP contribution < -0.4 is 5.32 Å². The second kappa shape index (κ2) is 19.2. The first-order valence-electron chi connectivity index (χ1n) is 9.14. The molecule has 0 radical (unpaired) electrons. The molecule has 0 unspecified atom stereocenters. The molecule has 1 heterocycles. The van der Waals surface area contributed by atoms with Crippen LogP contribution in [0.3, 0.4) is 0 Å². The molecule has 0 atom stereocenters. The van der Waals surface area contributed by atoms with Gasteiger partial charge in [-0.05, 0) is 0 Å². The number of aliphatic hydroxyl groups excluding tert-OH is 1. The SMILES string of the molecule is CO.O=CCCOCCOCCOCCOCCNC(=O)CN1C(=O)C=CC1=O. The first-order chi connectivity index (χ1) is 14.1. The van der Waals surface area contributed by atoms with Crippen molar-refractivity contribution in [3.05, 3.63) is 12.2 Å². The fourth-order valence-corrected chi connectivity index (χ4v) is 1.94. The summed E-state index contributed by atoms with van der Waals surface area (Å²) in [6, 6.07) is 0. The number of aliphatic hydroxyl groups is 1. The first-order valence-corrected chi connectivity index (χ1v) is 9.14. The monoisotopic (exact) mass is 418 g/mol. The van der Waals surface area contributed by atoms with E-state index in [1.54, 1.807) is 0 Å². The molecule has 0 aromatic carbocycles. The molecular formula is C18H30N2O9. The number of aldehydes is 1. The molecule has 1 rings (SSSR count). The Kier molecular flexibility index (Phi) is 17.7. The summed E-state index contributed by atoms with van der Waals surface area (Å²) in [5.74, 6) is -1.40. The lowest BCUT2D eigenvalue weighted by Crippen LogP contribution is -2.41. The Balaban J connectivity index is 0.00000379. The zero-order valence-electron chi connectivity index (χ0n) is 16.7. The number of amides is 3. The van der Waals surface area contributed by atoms with Gasteiger partial charge in [0.2, 0.25) is 5.91 Å². The highest BCUT2D eigenvalue weighted by molar-refractivity contribution is 6.14. The smallest absolute Gasteiger partial charge is 0.254 e. The Labute approximate surface area is 169 Å². The van der Waals surface area contributed by atoms with Crippen molar-refractivity contribution in [2.45, 2.75) is 6.42 Å². The maximum atomic E-state index is 11.6. The fourth-order valence-electron chi connectivity index (χ4n) is 1.94. The van der Waals surface area contributed by atoms with Crippen LogP contribution in [-0.2, 0) is 38.1 Å². The summed E-state index contributed by atoms with van der Waals surface area (Å²) in [6.45, 7) is 3.22. The van der Waals surface area contributed by atoms with E-state index in [0.29, 0.717) is 59.3 Å². The number of rotatable bonds is 17. The summed E-state index contributed by atoms with van der Waals surface area (Å²) < 4.78 is 21.0. The second-order valence-corrected chi connectivity index (χ2v) is 5.35. The predicted molar refractivity (Wildman–Crippen MR) is 101 cm³/mol. The molecule has 3 amide bonds. The first kappa shape index (κ1) is 26.8. The number of hydrogen-bond donors (Lipinski definition) is 2. The Bertz CT molecular complexity index is 494. The minimum Gasteiger partial charge on any atom is -0.400 e. The molecule has 1 aliphatic heterocycles. The molecular weight excluding hydrogens is 388 g/mol. The summed E-state index contributed by atoms with van der Waals surface area (Å²) in [5.41, 5.74) is 0. The van der Waals surface area contributed by atoms with E-state index in [2.05, 4.69) is 5.32 Å². The van der Waals surface area contributed by atoms with Gasteiger partial charge in [0.25, 0.3) is 11.8 Å². The lowest BCUT2D eigenvalue weighted by Gasteiger charge is -2.13. The quantitative estimate of drug-likeness (QED) is 0.160. The van der Waals surface area contributed by atoms with Crippen LogP contribution in [0.2, 0.25) is 0 Å². The molecule has 0 saturated carbocycles. The summed E-state index contributed by atoms with van der Waals surface area (Å²) in [7, 11) is 1.00. The molecule has 0 aliphatic carbocycles. The van der Waals surface area contributed by atoms with E-state index in [-0.39, 0.29) is 13.1 Å². The van der Waals surface area contributed by atoms with Gasteiger partial charge >= 0.3 is 0 Å². The van der Waals surface area contributed by atoms with Gasteiger partial charge in [-0.25, -0.2) is 0 Å². The lowest BCUT2D eigenvalue weighted by molar-refractivity contribution is -0.141. The number of nitrogens with one attached hydrogen (secondary N) is 1. The average Bonchev–Trinajstić information content (AvgIpc) is 3.04. The van der Waals surface area contributed by atoms with Crippen LogP contribution in [0, 0.1) is 0 Å². The molecule has 0 aromatic heterocycles. The Morgan fingerprint density at radius 1 is 0.897 bits per heavy atom. The van der Waals surface area contributed by atoms with Crippen LogP contribution in [0.25, 0.3) is 0 Å². The van der Waals surface area contributed by atoms with Crippen LogP contribution in [0.5, 0.6) is 0 Å². The number of carbonyl (C=O) groups is 4. The van der Waals surface area contributed by atoms with Crippen molar-refractivity contribution in [3.63, 3.8) is 0 Å². The van der Waals surface area contributed by atoms with Crippen molar-refractivity contribution in [2.24, 2.45) is 0 Å². The number of hydrogen-bond acceptors (Lipinski definition) is 9. The number of imide groups is 1. The molecule has 0 saturated heterocycles. The van der Waals surface area contributed by atoms with Crippen molar-refractivity contribution < 1.29 is 43.2 Å². The maximum Gasteiger partial charge on any atom is 0.254 e. The molecule has 1 aliphatic rings. The molecule has 29 heavy (non-hydrogen) atoms. The molecule has 0 aromatic rings. The van der Waals surface area contributed by atoms with Gasteiger partial charge in [0.1, 0.15) is 12.8 Å². The van der Waals surface area contributed by atoms with Gasteiger partial charge in [-0.1, -0.05) is 0 Å². The minimum absolute atomic E-state index is 0.274. The third kappa shape index (κ3) is 14.5. The summed E-state index contributed by atoms with van der Waals surface area (Å²) in [5, 5.41) is 9.56. The Hall–Kier alpha value is -2.18. The standard InChI is InChI=1S/C17H26N2O8.CH4O/c20-5-1-6-24-8-10-26-12-13-27-11-9-25-7-4-18-15(21)14-19-16(22)2-3-17(19)23;1-2/h2-3,5H,1,4,6-14H2,(H,18,21);2H,1H3. The van der Waals surface area contributed by atoms with E-state index in [1.165, 1.54) is 0 Å². The summed E-state index contributed by atoms with van der Waals surface area (Å²) >= 11 is 0. The second-order valence-electron chi connectivity index (χ2n) is 5.35. The number of carbonyl (C=O) groups excluding carboxylic acids is 4. The van der Waals surface area contributed by atoms with Gasteiger partial charge in [-0.15, -0.1) is 0 Å². The number of nitrogens with zero attached hydrogens (tertiary/aromatic N) is 1. The summed E-state index contributed by atoms with van der Waals surface area (Å²) in [6.07, 6.45) is 3.46. The van der Waals surface area contributed by atoms with Crippen LogP contribution in [0.4, 0.5) is 0 Å². The molecule has 2 N–H and O–H groups in total. The fraction of sp³-hybridized carbons (Fsp3) is 0.667. The normalized spacial score (nSPS) is 12.7. The van der Waals surface area contributed by atoms with Gasteiger partial charge < -0.3 is 34.2 Å². The van der Waals surface area contributed by atoms with Gasteiger partial charge in [-0.2, -0.15) is 0 Å². The maximum absolute atomic E-state index is 11.6. The van der Waals surface area contributed by atoms with Crippen molar-refractivity contribution in [1.29, 1.82) is 0 Å². The highest BCUT2D eigenvalue weighted by atomic mass is 16.6. The predicted octanol–water partition coefficient (Wildman–Crippen LogP) is -1.71. The topological polar surface area (TPSA) is 141 Å². The number of ether oxygens (including phenoxy) is 4. The van der Waals surface area contributed by atoms with Crippen molar-refractivity contribution in [1.82, 2.24) is 10.2 Å². The van der Waals surface area contributed by atoms with Crippen LogP contribution in [0.1, 0.15) is 6.42 Å². The third-order valence-electron chi connectivity index (χ3n) is 3.27. The third-order valence-corrected chi connectivity index (χ3v) is 3.27. The average molecular weight is 418 g/mol. The largest absolute Gasteiger partial charge is 0.400 e. The lowest BCUT2D eigenvalue weighted by atomic mass is 10.4. The minimum atomic E-state index is -0.488. The zero-order valence-corrected chi connectivity index (χ0v) is 16.7. The van der Waals surface area contributed by atoms with Gasteiger partial charge in [0, 0.05) is 32.2 Å². The van der Waals surface area contributed by atoms with Crippen LogP contribution in [-0.4, -0.2) is 107 Å². The molecule has 11 heteroatoms. The van der Waals surface area contributed by atoms with E-state index in [4.69, 9.17) is 24.1 Å². The van der Waals surface area contributed by atoms with E-state index in [9.17, 15) is 19.2 Å². The van der Waals surface area contributed by atoms with Crippen molar-refractivity contribution in [2.75, 3.05) is 73.1 Å². The van der Waals surface area contributed by atoms with Gasteiger partial charge in [0.15, 0.2) is 0 Å². The Morgan fingerprint density at radius 2 is 1.34 bits per heavy atom. The van der Waals surface area contributed by atoms with E-state index >= 15 is 0 Å². The van der Waals surface area contributed by atoms with Crippen LogP contribution in [0.15, 0.2) is 12.2 Å². The van der Waals surface area contributed by atoms with Crippen molar-refractivity contribution in [3.8, 4) is 0 Å². The molecule has 11 nitrogen and oxygen atoms in total. The molecule has 0 fully saturated rings. The molecule has 0 bridgehead atoms. The van der Waals surface area contributed by atoms with E-state index in [1.807, 2.05) is 0 Å². The Morgan fingerprint density at radius 3 is 1.83 bits per heavy atom. The highest BCUT2D eigenvalue weighted by Crippen LogP contribution is 2.02. The van der Waals surface area contributed by atoms with Crippen molar-refractivity contribution >= 4 is 24.0 Å². The summed E-state index contributed by atoms with van der Waals surface area (Å²) in [4.78, 5) is 45.2. The van der Waals surface area contributed by atoms with Gasteiger partial charge in [-0.3, -0.25) is 19.3 Å². The van der Waals surface area contributed by atoms with Gasteiger partial charge in [0.05, 0.1) is 52.9 Å². The molecule has 166 valence electrons. The zero-order chi connectivity index (χ0) is 21.7. The van der Waals surface area contributed by atoms with Crippen LogP contribution >= 0.6 is 0 Å². The van der Waals surface area contributed by atoms with E-state index in [0.717, 1.165) is 30.4 Å². The van der Waals surface area contributed by atoms with E-state index < -0.39 is 17.7 Å².